The largest absolute Gasteiger partial charge is 0.379 e. The second-order valence-corrected chi connectivity index (χ2v) is 9.25. The minimum atomic E-state index is -0.398. The Hall–Kier alpha value is -2.62. The van der Waals surface area contributed by atoms with Gasteiger partial charge in [-0.25, -0.2) is 9.07 Å². The summed E-state index contributed by atoms with van der Waals surface area (Å²) in [5.74, 6) is 1.99. The quantitative estimate of drug-likeness (QED) is 0.619. The van der Waals surface area contributed by atoms with E-state index in [1.54, 1.807) is 22.8 Å². The van der Waals surface area contributed by atoms with Crippen LogP contribution in [0.2, 0.25) is 0 Å². The summed E-state index contributed by atoms with van der Waals surface area (Å²) in [5.41, 5.74) is 0.652. The van der Waals surface area contributed by atoms with Gasteiger partial charge in [0.25, 0.3) is 5.91 Å². The lowest BCUT2D eigenvalue weighted by Gasteiger charge is -2.43. The SMILES string of the molecule is O=C(NCC1(N2CCOCC2)CCSC1)c1cnn(-c2ccccc2F)c1-n1cccc1. The van der Waals surface area contributed by atoms with E-state index >= 15 is 0 Å². The highest BCUT2D eigenvalue weighted by Gasteiger charge is 2.41. The van der Waals surface area contributed by atoms with Gasteiger partial charge < -0.3 is 14.6 Å². The lowest BCUT2D eigenvalue weighted by molar-refractivity contribution is -0.0129. The number of ether oxygens (including phenoxy) is 1. The van der Waals surface area contributed by atoms with Crippen LogP contribution in [-0.2, 0) is 4.74 Å². The maximum absolute atomic E-state index is 14.5. The Morgan fingerprint density at radius 2 is 1.97 bits per heavy atom. The number of amides is 1. The number of para-hydroxylation sites is 1. The molecule has 0 aliphatic carbocycles. The molecular formula is C23H26FN5O2S. The van der Waals surface area contributed by atoms with Crippen molar-refractivity contribution in [2.24, 2.45) is 0 Å². The number of carbonyl (C=O) groups is 1. The molecule has 2 saturated heterocycles. The fourth-order valence-electron chi connectivity index (χ4n) is 4.50. The van der Waals surface area contributed by atoms with Gasteiger partial charge in [-0.2, -0.15) is 16.9 Å². The zero-order valence-electron chi connectivity index (χ0n) is 17.7. The molecule has 1 amide bonds. The molecule has 5 rings (SSSR count). The number of nitrogens with zero attached hydrogens (tertiary/aromatic N) is 4. The first-order chi connectivity index (χ1) is 15.7. The minimum Gasteiger partial charge on any atom is -0.379 e. The predicted molar refractivity (Wildman–Crippen MR) is 122 cm³/mol. The van der Waals surface area contributed by atoms with E-state index in [4.69, 9.17) is 4.74 Å². The first-order valence-electron chi connectivity index (χ1n) is 10.8. The molecule has 0 radical (unpaired) electrons. The lowest BCUT2D eigenvalue weighted by Crippen LogP contribution is -2.59. The molecule has 1 aromatic carbocycles. The molecule has 32 heavy (non-hydrogen) atoms. The molecule has 2 aliphatic rings. The van der Waals surface area contributed by atoms with E-state index in [-0.39, 0.29) is 11.4 Å². The molecule has 1 atom stereocenters. The summed E-state index contributed by atoms with van der Waals surface area (Å²) in [6, 6.07) is 10.2. The van der Waals surface area contributed by atoms with Crippen molar-refractivity contribution in [2.75, 3.05) is 44.4 Å². The Kier molecular flexibility index (Phi) is 6.03. The third-order valence-electron chi connectivity index (χ3n) is 6.26. The summed E-state index contributed by atoms with van der Waals surface area (Å²) in [6.45, 7) is 3.79. The van der Waals surface area contributed by atoms with Crippen LogP contribution < -0.4 is 5.32 Å². The molecule has 2 fully saturated rings. The molecule has 0 spiro atoms. The number of rotatable bonds is 6. The van der Waals surface area contributed by atoms with Crippen molar-refractivity contribution >= 4 is 17.7 Å². The van der Waals surface area contributed by atoms with E-state index < -0.39 is 5.82 Å². The molecule has 7 nitrogen and oxygen atoms in total. The van der Waals surface area contributed by atoms with Crippen molar-refractivity contribution in [3.63, 3.8) is 0 Å². The monoisotopic (exact) mass is 455 g/mol. The Bertz CT molecular complexity index is 1070. The molecule has 4 heterocycles. The van der Waals surface area contributed by atoms with Gasteiger partial charge in [-0.1, -0.05) is 12.1 Å². The van der Waals surface area contributed by atoms with E-state index in [0.29, 0.717) is 23.6 Å². The fraction of sp³-hybridized carbons (Fsp3) is 0.391. The molecule has 0 saturated carbocycles. The van der Waals surface area contributed by atoms with Gasteiger partial charge in [-0.15, -0.1) is 0 Å². The Labute approximate surface area is 190 Å². The third-order valence-corrected chi connectivity index (χ3v) is 7.49. The van der Waals surface area contributed by atoms with Crippen molar-refractivity contribution < 1.29 is 13.9 Å². The summed E-state index contributed by atoms with van der Waals surface area (Å²) in [6.07, 6.45) is 6.21. The van der Waals surface area contributed by atoms with E-state index in [9.17, 15) is 9.18 Å². The second-order valence-electron chi connectivity index (χ2n) is 8.14. The first kappa shape index (κ1) is 21.2. The predicted octanol–water partition coefficient (Wildman–Crippen LogP) is 2.74. The highest BCUT2D eigenvalue weighted by atomic mass is 32.2. The number of aromatic nitrogens is 3. The number of halogens is 1. The number of hydrogen-bond acceptors (Lipinski definition) is 5. The van der Waals surface area contributed by atoms with Gasteiger partial charge >= 0.3 is 0 Å². The van der Waals surface area contributed by atoms with E-state index in [1.807, 2.05) is 36.3 Å². The molecule has 2 aromatic heterocycles. The maximum atomic E-state index is 14.5. The van der Waals surface area contributed by atoms with Crippen molar-refractivity contribution in [1.29, 1.82) is 0 Å². The van der Waals surface area contributed by atoms with Crippen molar-refractivity contribution in [3.05, 3.63) is 66.4 Å². The molecule has 0 bridgehead atoms. The van der Waals surface area contributed by atoms with Crippen LogP contribution in [0.1, 0.15) is 16.8 Å². The van der Waals surface area contributed by atoms with Crippen LogP contribution in [0.15, 0.2) is 55.0 Å². The number of benzene rings is 1. The maximum Gasteiger partial charge on any atom is 0.256 e. The van der Waals surface area contributed by atoms with Crippen LogP contribution in [0.4, 0.5) is 4.39 Å². The Morgan fingerprint density at radius 1 is 1.19 bits per heavy atom. The van der Waals surface area contributed by atoms with E-state index in [1.165, 1.54) is 16.9 Å². The van der Waals surface area contributed by atoms with Crippen molar-refractivity contribution in [2.45, 2.75) is 12.0 Å². The van der Waals surface area contributed by atoms with E-state index in [0.717, 1.165) is 44.2 Å². The number of nitrogens with one attached hydrogen (secondary N) is 1. The number of morpholine rings is 1. The summed E-state index contributed by atoms with van der Waals surface area (Å²) in [4.78, 5) is 15.8. The Morgan fingerprint density at radius 3 is 2.69 bits per heavy atom. The standard InChI is InChI=1S/C23H26FN5O2S/c24-19-5-1-2-6-20(19)29-22(27-8-3-4-9-27)18(15-26-29)21(30)25-16-23(7-14-32-17-23)28-10-12-31-13-11-28/h1-6,8-9,15H,7,10-14,16-17H2,(H,25,30). The molecule has 1 N–H and O–H groups in total. The van der Waals surface area contributed by atoms with E-state index in [2.05, 4.69) is 15.3 Å². The van der Waals surface area contributed by atoms with Crippen LogP contribution in [0.3, 0.4) is 0 Å². The molecule has 2 aliphatic heterocycles. The van der Waals surface area contributed by atoms with Gasteiger partial charge in [0.1, 0.15) is 17.1 Å². The van der Waals surface area contributed by atoms with Gasteiger partial charge in [0, 0.05) is 43.3 Å². The number of carbonyl (C=O) groups excluding carboxylic acids is 1. The van der Waals surface area contributed by atoms with Crippen molar-refractivity contribution in [1.82, 2.24) is 24.6 Å². The molecule has 1 unspecified atom stereocenters. The minimum absolute atomic E-state index is 0.0563. The highest BCUT2D eigenvalue weighted by molar-refractivity contribution is 7.99. The number of hydrogen-bond donors (Lipinski definition) is 1. The third kappa shape index (κ3) is 3.96. The molecule has 9 heteroatoms. The van der Waals surface area contributed by atoms with Crippen LogP contribution >= 0.6 is 11.8 Å². The summed E-state index contributed by atoms with van der Waals surface area (Å²) in [7, 11) is 0. The smallest absolute Gasteiger partial charge is 0.256 e. The van der Waals surface area contributed by atoms with Crippen LogP contribution in [-0.4, -0.2) is 75.0 Å². The van der Waals surface area contributed by atoms with Crippen LogP contribution in [0.25, 0.3) is 11.5 Å². The normalized spacial score (nSPS) is 21.7. The molecular weight excluding hydrogens is 429 g/mol. The number of thioether (sulfide) groups is 1. The lowest BCUT2D eigenvalue weighted by atomic mass is 9.95. The topological polar surface area (TPSA) is 64.3 Å². The molecule has 168 valence electrons. The molecule has 3 aromatic rings. The van der Waals surface area contributed by atoms with Gasteiger partial charge in [0.15, 0.2) is 5.82 Å². The van der Waals surface area contributed by atoms with Crippen LogP contribution in [0.5, 0.6) is 0 Å². The Balaban J connectivity index is 1.43. The highest BCUT2D eigenvalue weighted by Crippen LogP contribution is 2.34. The first-order valence-corrected chi connectivity index (χ1v) is 12.0. The van der Waals surface area contributed by atoms with Gasteiger partial charge in [-0.3, -0.25) is 9.69 Å². The summed E-state index contributed by atoms with van der Waals surface area (Å²) >= 11 is 1.93. The average molecular weight is 456 g/mol. The van der Waals surface area contributed by atoms with Crippen molar-refractivity contribution in [3.8, 4) is 11.5 Å². The zero-order valence-corrected chi connectivity index (χ0v) is 18.6. The van der Waals surface area contributed by atoms with Gasteiger partial charge in [-0.05, 0) is 36.4 Å². The van der Waals surface area contributed by atoms with Crippen LogP contribution in [0, 0.1) is 5.82 Å². The average Bonchev–Trinajstić information content (AvgIpc) is 3.59. The van der Waals surface area contributed by atoms with Gasteiger partial charge in [0.2, 0.25) is 0 Å². The summed E-state index contributed by atoms with van der Waals surface area (Å²) in [5, 5.41) is 7.54. The summed E-state index contributed by atoms with van der Waals surface area (Å²) < 4.78 is 23.3. The van der Waals surface area contributed by atoms with Gasteiger partial charge in [0.05, 0.1) is 19.4 Å². The zero-order chi connectivity index (χ0) is 22.0. The fourth-order valence-corrected chi connectivity index (χ4v) is 5.98. The second kappa shape index (κ2) is 9.09.